The Morgan fingerprint density at radius 2 is 2.10 bits per heavy atom. The predicted molar refractivity (Wildman–Crippen MR) is 75.6 cm³/mol. The Kier molecular flexibility index (Phi) is 2.92. The average Bonchev–Trinajstić information content (AvgIpc) is 2.63. The second-order valence-corrected chi connectivity index (χ2v) is 6.72. The number of benzene rings is 1. The van der Waals surface area contributed by atoms with Gasteiger partial charge in [-0.2, -0.15) is 0 Å². The number of nitrogens with zero attached hydrogens (tertiary/aromatic N) is 1. The van der Waals surface area contributed by atoms with Gasteiger partial charge in [-0.15, -0.1) is 0 Å². The highest BCUT2D eigenvalue weighted by molar-refractivity contribution is 5.70. The third-order valence-corrected chi connectivity index (χ3v) is 4.05. The number of hydrogen-bond acceptors (Lipinski definition) is 3. The van der Waals surface area contributed by atoms with Crippen LogP contribution in [0.5, 0.6) is 5.75 Å². The van der Waals surface area contributed by atoms with Crippen LogP contribution in [0.15, 0.2) is 18.2 Å². The predicted octanol–water partition coefficient (Wildman–Crippen LogP) is 3.39. The largest absolute Gasteiger partial charge is 0.508 e. The smallest absolute Gasteiger partial charge is 0.411 e. The number of carbonyl (C=O) groups is 1. The summed E-state index contributed by atoms with van der Waals surface area (Å²) < 4.78 is 5.53. The zero-order valence-corrected chi connectivity index (χ0v) is 12.2. The van der Waals surface area contributed by atoms with Gasteiger partial charge in [-0.05, 0) is 63.3 Å². The lowest BCUT2D eigenvalue weighted by atomic mass is 9.93. The van der Waals surface area contributed by atoms with Crippen LogP contribution in [-0.4, -0.2) is 27.7 Å². The van der Waals surface area contributed by atoms with E-state index in [4.69, 9.17) is 4.74 Å². The molecule has 1 fully saturated rings. The number of fused-ring (bicyclic) bond motifs is 4. The molecule has 2 aliphatic rings. The lowest BCUT2D eigenvalue weighted by Gasteiger charge is -2.37. The van der Waals surface area contributed by atoms with E-state index in [0.29, 0.717) is 5.75 Å². The highest BCUT2D eigenvalue weighted by Gasteiger charge is 2.44. The summed E-state index contributed by atoms with van der Waals surface area (Å²) in [6, 6.07) is 5.76. The molecule has 1 aromatic carbocycles. The molecule has 2 unspecified atom stereocenters. The number of amides is 1. The van der Waals surface area contributed by atoms with E-state index in [9.17, 15) is 9.90 Å². The van der Waals surface area contributed by atoms with E-state index in [1.165, 1.54) is 0 Å². The van der Waals surface area contributed by atoms with Gasteiger partial charge in [-0.1, -0.05) is 6.07 Å². The normalized spacial score (nSPS) is 24.4. The van der Waals surface area contributed by atoms with Crippen molar-refractivity contribution in [2.24, 2.45) is 0 Å². The van der Waals surface area contributed by atoms with Gasteiger partial charge >= 0.3 is 6.09 Å². The van der Waals surface area contributed by atoms with Crippen molar-refractivity contribution < 1.29 is 14.6 Å². The van der Waals surface area contributed by atoms with Crippen molar-refractivity contribution in [3.63, 3.8) is 0 Å². The molecule has 0 spiro atoms. The minimum absolute atomic E-state index is 0.0965. The van der Waals surface area contributed by atoms with Gasteiger partial charge in [-0.3, -0.25) is 4.90 Å². The summed E-state index contributed by atoms with van der Waals surface area (Å²) in [5.41, 5.74) is 1.85. The molecule has 2 heterocycles. The summed E-state index contributed by atoms with van der Waals surface area (Å²) in [4.78, 5) is 14.3. The average molecular weight is 275 g/mol. The fourth-order valence-electron chi connectivity index (χ4n) is 3.33. The van der Waals surface area contributed by atoms with Crippen LogP contribution in [0.3, 0.4) is 0 Å². The quantitative estimate of drug-likeness (QED) is 0.789. The van der Waals surface area contributed by atoms with E-state index in [1.807, 2.05) is 37.8 Å². The standard InChI is InChI=1S/C16H21NO3/c1-16(2,3)20-15(19)17-11-4-7-14(17)13-6-5-12(18)9-10(13)8-11/h5-6,9,11,14,18H,4,7-8H2,1-3H3. The Bertz CT molecular complexity index is 547. The second kappa shape index (κ2) is 4.40. The lowest BCUT2D eigenvalue weighted by molar-refractivity contribution is 0.0125. The number of hydrogen-bond donors (Lipinski definition) is 1. The van der Waals surface area contributed by atoms with Gasteiger partial charge in [0.05, 0.1) is 6.04 Å². The van der Waals surface area contributed by atoms with Gasteiger partial charge in [0.1, 0.15) is 11.4 Å². The molecular weight excluding hydrogens is 254 g/mol. The molecule has 0 aromatic heterocycles. The fourth-order valence-corrected chi connectivity index (χ4v) is 3.33. The van der Waals surface area contributed by atoms with Crippen molar-refractivity contribution in [1.82, 2.24) is 4.90 Å². The van der Waals surface area contributed by atoms with Crippen molar-refractivity contribution >= 4 is 6.09 Å². The lowest BCUT2D eigenvalue weighted by Crippen LogP contribution is -2.44. The van der Waals surface area contributed by atoms with E-state index in [-0.39, 0.29) is 18.2 Å². The molecule has 0 saturated carbocycles. The number of ether oxygens (including phenoxy) is 1. The van der Waals surface area contributed by atoms with E-state index < -0.39 is 5.60 Å². The number of rotatable bonds is 0. The summed E-state index contributed by atoms with van der Waals surface area (Å²) in [6.07, 6.45) is 2.56. The summed E-state index contributed by atoms with van der Waals surface area (Å²) in [5, 5.41) is 9.60. The Labute approximate surface area is 119 Å². The van der Waals surface area contributed by atoms with Crippen molar-refractivity contribution in [3.8, 4) is 5.75 Å². The minimum atomic E-state index is -0.467. The Balaban J connectivity index is 1.89. The molecule has 1 amide bonds. The maximum absolute atomic E-state index is 12.4. The molecule has 2 bridgehead atoms. The van der Waals surface area contributed by atoms with Crippen LogP contribution in [0.25, 0.3) is 0 Å². The Morgan fingerprint density at radius 3 is 2.80 bits per heavy atom. The van der Waals surface area contributed by atoms with Crippen LogP contribution in [0.4, 0.5) is 4.79 Å². The molecule has 2 atom stereocenters. The SMILES string of the molecule is CC(C)(C)OC(=O)N1C2CCC1c1ccc(O)cc1C2. The van der Waals surface area contributed by atoms with Crippen molar-refractivity contribution in [2.45, 2.75) is 57.7 Å². The molecular formula is C16H21NO3. The summed E-state index contributed by atoms with van der Waals surface area (Å²) >= 11 is 0. The fraction of sp³-hybridized carbons (Fsp3) is 0.562. The van der Waals surface area contributed by atoms with Gasteiger partial charge in [-0.25, -0.2) is 4.79 Å². The summed E-state index contributed by atoms with van der Waals surface area (Å²) in [7, 11) is 0. The second-order valence-electron chi connectivity index (χ2n) is 6.72. The van der Waals surface area contributed by atoms with Crippen LogP contribution in [-0.2, 0) is 11.2 Å². The van der Waals surface area contributed by atoms with E-state index in [2.05, 4.69) is 0 Å². The van der Waals surface area contributed by atoms with Crippen molar-refractivity contribution in [1.29, 1.82) is 0 Å². The molecule has 108 valence electrons. The third-order valence-electron chi connectivity index (χ3n) is 4.05. The molecule has 0 radical (unpaired) electrons. The van der Waals surface area contributed by atoms with Crippen LogP contribution in [0.1, 0.15) is 50.8 Å². The van der Waals surface area contributed by atoms with Crippen LogP contribution >= 0.6 is 0 Å². The molecule has 3 rings (SSSR count). The van der Waals surface area contributed by atoms with Crippen LogP contribution in [0.2, 0.25) is 0 Å². The Morgan fingerprint density at radius 1 is 1.35 bits per heavy atom. The van der Waals surface area contributed by atoms with Crippen molar-refractivity contribution in [3.05, 3.63) is 29.3 Å². The molecule has 1 N–H and O–H groups in total. The highest BCUT2D eigenvalue weighted by Crippen LogP contribution is 2.45. The number of aromatic hydroxyl groups is 1. The molecule has 20 heavy (non-hydrogen) atoms. The first-order valence-corrected chi connectivity index (χ1v) is 7.18. The van der Waals surface area contributed by atoms with Crippen LogP contribution < -0.4 is 0 Å². The third kappa shape index (κ3) is 2.23. The van der Waals surface area contributed by atoms with E-state index in [0.717, 1.165) is 30.4 Å². The number of phenolic OH excluding ortho intramolecular Hbond substituents is 1. The zero-order chi connectivity index (χ0) is 14.5. The number of phenols is 1. The molecule has 2 aliphatic heterocycles. The Hall–Kier alpha value is -1.71. The maximum atomic E-state index is 12.4. The van der Waals surface area contributed by atoms with Gasteiger partial charge < -0.3 is 9.84 Å². The van der Waals surface area contributed by atoms with Crippen LogP contribution in [0, 0.1) is 0 Å². The van der Waals surface area contributed by atoms with Gasteiger partial charge in [0, 0.05) is 6.04 Å². The van der Waals surface area contributed by atoms with Gasteiger partial charge in [0.2, 0.25) is 0 Å². The monoisotopic (exact) mass is 275 g/mol. The first-order chi connectivity index (χ1) is 9.35. The zero-order valence-electron chi connectivity index (χ0n) is 12.2. The summed E-state index contributed by atoms with van der Waals surface area (Å²) in [5.74, 6) is 0.300. The topological polar surface area (TPSA) is 49.8 Å². The van der Waals surface area contributed by atoms with E-state index in [1.54, 1.807) is 6.07 Å². The first-order valence-electron chi connectivity index (χ1n) is 7.18. The van der Waals surface area contributed by atoms with E-state index >= 15 is 0 Å². The van der Waals surface area contributed by atoms with Gasteiger partial charge in [0.15, 0.2) is 0 Å². The molecule has 1 aromatic rings. The maximum Gasteiger partial charge on any atom is 0.411 e. The molecule has 4 nitrogen and oxygen atoms in total. The van der Waals surface area contributed by atoms with Crippen molar-refractivity contribution in [2.75, 3.05) is 0 Å². The number of carbonyl (C=O) groups excluding carboxylic acids is 1. The first kappa shape index (κ1) is 13.3. The molecule has 4 heteroatoms. The van der Waals surface area contributed by atoms with Gasteiger partial charge in [0.25, 0.3) is 0 Å². The minimum Gasteiger partial charge on any atom is -0.508 e. The summed E-state index contributed by atoms with van der Waals surface area (Å²) in [6.45, 7) is 5.67. The molecule has 1 saturated heterocycles. The molecule has 0 aliphatic carbocycles. The highest BCUT2D eigenvalue weighted by atomic mass is 16.6.